The van der Waals surface area contributed by atoms with Gasteiger partial charge in [-0.3, -0.25) is 9.69 Å². The van der Waals surface area contributed by atoms with Crippen molar-refractivity contribution >= 4 is 23.4 Å². The van der Waals surface area contributed by atoms with Gasteiger partial charge in [-0.2, -0.15) is 0 Å². The molecule has 1 aliphatic carbocycles. The smallest absolute Gasteiger partial charge is 0.238 e. The summed E-state index contributed by atoms with van der Waals surface area (Å²) in [7, 11) is 0. The minimum absolute atomic E-state index is 0.00516. The Hall–Kier alpha value is -0.960. The van der Waals surface area contributed by atoms with Gasteiger partial charge in [-0.05, 0) is 61.6 Å². The highest BCUT2D eigenvalue weighted by Gasteiger charge is 2.50. The molecule has 0 atom stereocenters. The van der Waals surface area contributed by atoms with Gasteiger partial charge in [0.25, 0.3) is 0 Å². The van der Waals surface area contributed by atoms with Crippen LogP contribution in [-0.2, 0) is 4.79 Å². The van der Waals surface area contributed by atoms with Gasteiger partial charge in [0.2, 0.25) is 5.91 Å². The summed E-state index contributed by atoms with van der Waals surface area (Å²) in [5.41, 5.74) is 2.74. The molecule has 1 amide bonds. The Morgan fingerprint density at radius 2 is 2.00 bits per heavy atom. The van der Waals surface area contributed by atoms with E-state index in [1.165, 1.54) is 24.8 Å². The number of carbonyl (C=O) groups is 1. The maximum atomic E-state index is 12.6. The number of carbonyl (C=O) groups excluding carboxylic acids is 1. The molecule has 1 aromatic carbocycles. The second kappa shape index (κ2) is 6.16. The molecule has 1 spiro atoms. The SMILES string of the molecule is CCC(C)(C)C1CCC2(CC1)SCC(=O)N2c1cccc(C)c1. The molecule has 1 saturated heterocycles. The van der Waals surface area contributed by atoms with Crippen LogP contribution in [0.2, 0.25) is 0 Å². The molecule has 0 bridgehead atoms. The molecule has 1 heterocycles. The van der Waals surface area contributed by atoms with Crippen molar-refractivity contribution in [3.63, 3.8) is 0 Å². The van der Waals surface area contributed by atoms with E-state index >= 15 is 0 Å². The second-order valence-corrected chi connectivity index (χ2v) is 9.26. The van der Waals surface area contributed by atoms with Gasteiger partial charge in [-0.15, -0.1) is 11.8 Å². The third kappa shape index (κ3) is 3.05. The molecule has 0 radical (unpaired) electrons. The van der Waals surface area contributed by atoms with Crippen molar-refractivity contribution in [3.05, 3.63) is 29.8 Å². The lowest BCUT2D eigenvalue weighted by atomic mass is 9.68. The predicted molar refractivity (Wildman–Crippen MR) is 99.9 cm³/mol. The molecule has 0 aromatic heterocycles. The molecular formula is C20H29NOS. The van der Waals surface area contributed by atoms with Crippen LogP contribution in [0.3, 0.4) is 0 Å². The maximum absolute atomic E-state index is 12.6. The van der Waals surface area contributed by atoms with E-state index in [2.05, 4.69) is 56.9 Å². The Labute approximate surface area is 145 Å². The summed E-state index contributed by atoms with van der Waals surface area (Å²) in [6, 6.07) is 8.43. The van der Waals surface area contributed by atoms with Crippen molar-refractivity contribution in [3.8, 4) is 0 Å². The number of thioether (sulfide) groups is 1. The highest BCUT2D eigenvalue weighted by Crippen LogP contribution is 2.53. The Bertz CT molecular complexity index is 587. The van der Waals surface area contributed by atoms with Crippen LogP contribution in [0, 0.1) is 18.3 Å². The number of hydrogen-bond donors (Lipinski definition) is 0. The first-order valence-corrected chi connectivity index (χ1v) is 9.90. The molecule has 3 rings (SSSR count). The van der Waals surface area contributed by atoms with E-state index in [0.29, 0.717) is 11.2 Å². The van der Waals surface area contributed by atoms with Gasteiger partial charge in [0, 0.05) is 5.69 Å². The van der Waals surface area contributed by atoms with Gasteiger partial charge in [0.05, 0.1) is 10.6 Å². The zero-order valence-electron chi connectivity index (χ0n) is 14.9. The fourth-order valence-electron chi connectivity index (χ4n) is 4.21. The van der Waals surface area contributed by atoms with Gasteiger partial charge in [0.1, 0.15) is 0 Å². The van der Waals surface area contributed by atoms with Gasteiger partial charge in [-0.1, -0.05) is 39.3 Å². The van der Waals surface area contributed by atoms with Crippen molar-refractivity contribution in [1.82, 2.24) is 0 Å². The van der Waals surface area contributed by atoms with E-state index in [9.17, 15) is 4.79 Å². The van der Waals surface area contributed by atoms with Crippen molar-refractivity contribution in [2.75, 3.05) is 10.7 Å². The Morgan fingerprint density at radius 1 is 1.30 bits per heavy atom. The zero-order valence-corrected chi connectivity index (χ0v) is 15.7. The average Bonchev–Trinajstić information content (AvgIpc) is 2.84. The highest BCUT2D eigenvalue weighted by molar-refractivity contribution is 8.02. The van der Waals surface area contributed by atoms with Crippen LogP contribution in [-0.4, -0.2) is 16.5 Å². The van der Waals surface area contributed by atoms with E-state index in [1.807, 2.05) is 11.8 Å². The molecule has 1 aliphatic heterocycles. The average molecular weight is 332 g/mol. The number of benzene rings is 1. The number of amides is 1. The van der Waals surface area contributed by atoms with E-state index in [4.69, 9.17) is 0 Å². The summed E-state index contributed by atoms with van der Waals surface area (Å²) in [6.07, 6.45) is 5.97. The van der Waals surface area contributed by atoms with E-state index in [-0.39, 0.29) is 10.8 Å². The minimum Gasteiger partial charge on any atom is -0.297 e. The molecule has 23 heavy (non-hydrogen) atoms. The first-order valence-electron chi connectivity index (χ1n) is 8.92. The second-order valence-electron chi connectivity index (χ2n) is 7.92. The fraction of sp³-hybridized carbons (Fsp3) is 0.650. The standard InChI is InChI=1S/C20H29NOS/c1-5-19(3,4)16-9-11-20(12-10-16)21(18(22)14-23-20)17-8-6-7-15(2)13-17/h6-8,13,16H,5,9-12,14H2,1-4H3. The Kier molecular flexibility index (Phi) is 4.52. The molecule has 0 unspecified atom stereocenters. The lowest BCUT2D eigenvalue weighted by molar-refractivity contribution is -0.116. The van der Waals surface area contributed by atoms with Crippen molar-refractivity contribution in [2.45, 2.75) is 64.7 Å². The number of anilines is 1. The molecule has 1 aromatic rings. The van der Waals surface area contributed by atoms with E-state index in [1.54, 1.807) is 0 Å². The summed E-state index contributed by atoms with van der Waals surface area (Å²) in [5, 5.41) is 0. The number of nitrogens with zero attached hydrogens (tertiary/aromatic N) is 1. The topological polar surface area (TPSA) is 20.3 Å². The first kappa shape index (κ1) is 16.9. The summed E-state index contributed by atoms with van der Waals surface area (Å²) >= 11 is 1.88. The van der Waals surface area contributed by atoms with Gasteiger partial charge >= 0.3 is 0 Å². The quantitative estimate of drug-likeness (QED) is 0.739. The van der Waals surface area contributed by atoms with Crippen LogP contribution in [0.1, 0.15) is 58.4 Å². The molecule has 2 aliphatic rings. The van der Waals surface area contributed by atoms with Crippen LogP contribution in [0.4, 0.5) is 5.69 Å². The number of hydrogen-bond acceptors (Lipinski definition) is 2. The summed E-state index contributed by atoms with van der Waals surface area (Å²) < 4.78 is 0. The normalized spacial score (nSPS) is 28.6. The predicted octanol–water partition coefficient (Wildman–Crippen LogP) is 5.40. The van der Waals surface area contributed by atoms with E-state index in [0.717, 1.165) is 24.4 Å². The number of aryl methyl sites for hydroxylation is 1. The molecule has 126 valence electrons. The largest absolute Gasteiger partial charge is 0.297 e. The van der Waals surface area contributed by atoms with Gasteiger partial charge in [0.15, 0.2) is 0 Å². The zero-order chi connectivity index (χ0) is 16.7. The fourth-order valence-corrected chi connectivity index (χ4v) is 5.59. The molecule has 0 N–H and O–H groups in total. The van der Waals surface area contributed by atoms with Crippen molar-refractivity contribution in [1.29, 1.82) is 0 Å². The molecule has 1 saturated carbocycles. The minimum atomic E-state index is 0.00516. The van der Waals surface area contributed by atoms with Crippen LogP contribution < -0.4 is 4.90 Å². The first-order chi connectivity index (χ1) is 10.9. The van der Waals surface area contributed by atoms with Crippen LogP contribution >= 0.6 is 11.8 Å². The Balaban J connectivity index is 1.83. The molecular weight excluding hydrogens is 302 g/mol. The van der Waals surface area contributed by atoms with Crippen molar-refractivity contribution in [2.24, 2.45) is 11.3 Å². The lowest BCUT2D eigenvalue weighted by Gasteiger charge is -2.46. The summed E-state index contributed by atoms with van der Waals surface area (Å²) in [5.74, 6) is 1.71. The van der Waals surface area contributed by atoms with Gasteiger partial charge < -0.3 is 0 Å². The van der Waals surface area contributed by atoms with Crippen LogP contribution in [0.15, 0.2) is 24.3 Å². The molecule has 2 nitrogen and oxygen atoms in total. The third-order valence-corrected chi connectivity index (χ3v) is 7.68. The van der Waals surface area contributed by atoms with Crippen LogP contribution in [0.25, 0.3) is 0 Å². The van der Waals surface area contributed by atoms with Crippen molar-refractivity contribution < 1.29 is 4.79 Å². The summed E-state index contributed by atoms with van der Waals surface area (Å²) in [4.78, 5) is 14.7. The monoisotopic (exact) mass is 331 g/mol. The van der Waals surface area contributed by atoms with Crippen LogP contribution in [0.5, 0.6) is 0 Å². The Morgan fingerprint density at radius 3 is 2.61 bits per heavy atom. The van der Waals surface area contributed by atoms with E-state index < -0.39 is 0 Å². The third-order valence-electron chi connectivity index (χ3n) is 6.16. The number of rotatable bonds is 3. The lowest BCUT2D eigenvalue weighted by Crippen LogP contribution is -2.48. The molecule has 3 heteroatoms. The highest BCUT2D eigenvalue weighted by atomic mass is 32.2. The molecule has 2 fully saturated rings. The summed E-state index contributed by atoms with van der Waals surface area (Å²) in [6.45, 7) is 9.21. The maximum Gasteiger partial charge on any atom is 0.238 e. The van der Waals surface area contributed by atoms with Gasteiger partial charge in [-0.25, -0.2) is 0 Å².